The van der Waals surface area contributed by atoms with E-state index in [0.29, 0.717) is 25.1 Å². The summed E-state index contributed by atoms with van der Waals surface area (Å²) in [5.74, 6) is -0.389. The van der Waals surface area contributed by atoms with Gasteiger partial charge in [0.15, 0.2) is 0 Å². The molecule has 3 rings (SSSR count). The van der Waals surface area contributed by atoms with E-state index in [9.17, 15) is 9.59 Å². The van der Waals surface area contributed by atoms with Gasteiger partial charge in [-0.15, -0.1) is 0 Å². The molecule has 1 aliphatic carbocycles. The van der Waals surface area contributed by atoms with Gasteiger partial charge in [-0.25, -0.2) is 0 Å². The Morgan fingerprint density at radius 2 is 2.21 bits per heavy atom. The van der Waals surface area contributed by atoms with Crippen molar-refractivity contribution in [1.29, 1.82) is 0 Å². The van der Waals surface area contributed by atoms with Crippen molar-refractivity contribution < 1.29 is 14.3 Å². The monoisotopic (exact) mass is 385 g/mol. The smallest absolute Gasteiger partial charge is 0.254 e. The van der Waals surface area contributed by atoms with Crippen molar-refractivity contribution in [3.8, 4) is 0 Å². The molecule has 28 heavy (non-hydrogen) atoms. The highest BCUT2D eigenvalue weighted by molar-refractivity contribution is 5.93. The highest BCUT2D eigenvalue weighted by atomic mass is 16.5. The van der Waals surface area contributed by atoms with Gasteiger partial charge in [-0.1, -0.05) is 13.0 Å². The summed E-state index contributed by atoms with van der Waals surface area (Å²) >= 11 is 0. The van der Waals surface area contributed by atoms with Gasteiger partial charge >= 0.3 is 0 Å². The van der Waals surface area contributed by atoms with Crippen LogP contribution < -0.4 is 10.6 Å². The van der Waals surface area contributed by atoms with Gasteiger partial charge in [-0.3, -0.25) is 19.7 Å². The average Bonchev–Trinajstić information content (AvgIpc) is 3.27. The van der Waals surface area contributed by atoms with Gasteiger partial charge in [0, 0.05) is 24.9 Å². The lowest BCUT2D eigenvalue weighted by Gasteiger charge is -2.35. The number of hydrogen-bond donors (Lipinski definition) is 3. The molecule has 0 saturated heterocycles. The van der Waals surface area contributed by atoms with Crippen LogP contribution >= 0.6 is 0 Å². The van der Waals surface area contributed by atoms with Crippen LogP contribution in [0, 0.1) is 5.92 Å². The maximum absolute atomic E-state index is 12.6. The van der Waals surface area contributed by atoms with Crippen molar-refractivity contribution >= 4 is 11.8 Å². The predicted molar refractivity (Wildman–Crippen MR) is 103 cm³/mol. The van der Waals surface area contributed by atoms with E-state index >= 15 is 0 Å². The number of nitrogens with one attached hydrogen (secondary N) is 3. The van der Waals surface area contributed by atoms with Crippen molar-refractivity contribution in [3.05, 3.63) is 48.0 Å². The van der Waals surface area contributed by atoms with E-state index in [-0.39, 0.29) is 29.9 Å². The van der Waals surface area contributed by atoms with Crippen LogP contribution in [0.2, 0.25) is 0 Å². The average molecular weight is 385 g/mol. The van der Waals surface area contributed by atoms with E-state index in [1.165, 1.54) is 6.20 Å². The Bertz CT molecular complexity index is 750. The molecular formula is C20H27N5O3. The molecule has 2 heterocycles. The molecule has 1 aliphatic rings. The maximum atomic E-state index is 12.6. The fraction of sp³-hybridized carbons (Fsp3) is 0.500. The molecular weight excluding hydrogens is 358 g/mol. The van der Waals surface area contributed by atoms with Gasteiger partial charge in [-0.05, 0) is 37.8 Å². The number of rotatable bonds is 8. The van der Waals surface area contributed by atoms with Gasteiger partial charge in [-0.2, -0.15) is 5.10 Å². The second-order valence-electron chi connectivity index (χ2n) is 7.03. The van der Waals surface area contributed by atoms with Crippen LogP contribution in [0.5, 0.6) is 0 Å². The number of pyridine rings is 1. The second-order valence-corrected chi connectivity index (χ2v) is 7.03. The maximum Gasteiger partial charge on any atom is 0.254 e. The van der Waals surface area contributed by atoms with Gasteiger partial charge < -0.3 is 15.4 Å². The van der Waals surface area contributed by atoms with Gasteiger partial charge in [0.05, 0.1) is 36.1 Å². The number of aromatic nitrogens is 3. The van der Waals surface area contributed by atoms with Gasteiger partial charge in [0.2, 0.25) is 5.91 Å². The van der Waals surface area contributed by atoms with E-state index in [1.807, 2.05) is 18.2 Å². The molecule has 0 unspecified atom stereocenters. The topological polar surface area (TPSA) is 109 Å². The number of amides is 2. The third-order valence-corrected chi connectivity index (χ3v) is 4.94. The molecule has 2 aromatic heterocycles. The first-order valence-corrected chi connectivity index (χ1v) is 9.76. The van der Waals surface area contributed by atoms with Gasteiger partial charge in [0.25, 0.3) is 5.91 Å². The minimum atomic E-state index is -0.215. The molecule has 8 nitrogen and oxygen atoms in total. The van der Waals surface area contributed by atoms with Crippen LogP contribution in [0.15, 0.2) is 36.8 Å². The number of ether oxygens (including phenoxy) is 1. The first-order valence-electron chi connectivity index (χ1n) is 9.76. The summed E-state index contributed by atoms with van der Waals surface area (Å²) in [7, 11) is 0. The standard InChI is InChI=1S/C20H27N5O3/c1-2-9-28-18-7-6-14(19(26)22-13-16-5-3-4-8-21-16)10-17(18)25-20(27)15-11-23-24-12-15/h3-5,8,11-12,14,17-18H,2,6-7,9-10,13H2,1H3,(H,22,26)(H,23,24)(H,25,27)/t14-,17+,18+/m0/s1. The zero-order valence-electron chi connectivity index (χ0n) is 16.1. The molecule has 1 saturated carbocycles. The molecule has 3 atom stereocenters. The van der Waals surface area contributed by atoms with E-state index in [4.69, 9.17) is 4.74 Å². The lowest BCUT2D eigenvalue weighted by Crippen LogP contribution is -2.50. The Morgan fingerprint density at radius 1 is 1.32 bits per heavy atom. The molecule has 1 fully saturated rings. The number of H-pyrrole nitrogens is 1. The second kappa shape index (κ2) is 9.98. The van der Waals surface area contributed by atoms with Crippen molar-refractivity contribution in [2.45, 2.75) is 51.3 Å². The van der Waals surface area contributed by atoms with Crippen LogP contribution in [0.4, 0.5) is 0 Å². The summed E-state index contributed by atoms with van der Waals surface area (Å²) in [5, 5.41) is 12.4. The lowest BCUT2D eigenvalue weighted by atomic mass is 9.83. The Kier molecular flexibility index (Phi) is 7.13. The molecule has 0 aromatic carbocycles. The van der Waals surface area contributed by atoms with Crippen molar-refractivity contribution in [2.75, 3.05) is 6.61 Å². The van der Waals surface area contributed by atoms with E-state index < -0.39 is 0 Å². The number of aromatic amines is 1. The van der Waals surface area contributed by atoms with Gasteiger partial charge in [0.1, 0.15) is 0 Å². The van der Waals surface area contributed by atoms with Crippen molar-refractivity contribution in [2.24, 2.45) is 5.92 Å². The SMILES string of the molecule is CCCO[C@@H]1CC[C@H](C(=O)NCc2ccccn2)C[C@H]1NC(=O)c1cn[nH]c1. The van der Waals surface area contributed by atoms with E-state index in [1.54, 1.807) is 12.4 Å². The van der Waals surface area contributed by atoms with Crippen LogP contribution in [-0.4, -0.2) is 45.7 Å². The molecule has 2 amide bonds. The van der Waals surface area contributed by atoms with Crippen LogP contribution in [0.1, 0.15) is 48.7 Å². The first-order chi connectivity index (χ1) is 13.7. The number of nitrogens with zero attached hydrogens (tertiary/aromatic N) is 2. The summed E-state index contributed by atoms with van der Waals surface area (Å²) in [6.07, 6.45) is 7.58. The van der Waals surface area contributed by atoms with Crippen molar-refractivity contribution in [1.82, 2.24) is 25.8 Å². The minimum absolute atomic E-state index is 0.0119. The van der Waals surface area contributed by atoms with E-state index in [2.05, 4.69) is 32.7 Å². The summed E-state index contributed by atoms with van der Waals surface area (Å²) in [6, 6.07) is 5.40. The fourth-order valence-electron chi connectivity index (χ4n) is 3.45. The summed E-state index contributed by atoms with van der Waals surface area (Å²) in [5.41, 5.74) is 1.29. The zero-order valence-corrected chi connectivity index (χ0v) is 16.1. The molecule has 8 heteroatoms. The third kappa shape index (κ3) is 5.39. The molecule has 2 aromatic rings. The number of hydrogen-bond acceptors (Lipinski definition) is 5. The van der Waals surface area contributed by atoms with Crippen LogP contribution in [-0.2, 0) is 16.1 Å². The van der Waals surface area contributed by atoms with Crippen molar-refractivity contribution in [3.63, 3.8) is 0 Å². The quantitative estimate of drug-likeness (QED) is 0.642. The highest BCUT2D eigenvalue weighted by Gasteiger charge is 2.35. The zero-order chi connectivity index (χ0) is 19.8. The molecule has 0 aliphatic heterocycles. The normalized spacial score (nSPS) is 21.8. The Hall–Kier alpha value is -2.74. The fourth-order valence-corrected chi connectivity index (χ4v) is 3.45. The first kappa shape index (κ1) is 20.0. The minimum Gasteiger partial charge on any atom is -0.376 e. The molecule has 0 bridgehead atoms. The summed E-state index contributed by atoms with van der Waals surface area (Å²) in [6.45, 7) is 3.09. The number of carbonyl (C=O) groups is 2. The number of carbonyl (C=O) groups excluding carboxylic acids is 2. The Morgan fingerprint density at radius 3 is 2.93 bits per heavy atom. The summed E-state index contributed by atoms with van der Waals surface area (Å²) < 4.78 is 5.94. The summed E-state index contributed by atoms with van der Waals surface area (Å²) in [4.78, 5) is 29.3. The Labute approximate surface area is 164 Å². The highest BCUT2D eigenvalue weighted by Crippen LogP contribution is 2.27. The lowest BCUT2D eigenvalue weighted by molar-refractivity contribution is -0.127. The van der Waals surface area contributed by atoms with Crippen LogP contribution in [0.25, 0.3) is 0 Å². The molecule has 150 valence electrons. The third-order valence-electron chi connectivity index (χ3n) is 4.94. The van der Waals surface area contributed by atoms with E-state index in [0.717, 1.165) is 25.0 Å². The Balaban J connectivity index is 1.59. The largest absolute Gasteiger partial charge is 0.376 e. The molecule has 0 radical (unpaired) electrons. The molecule has 3 N–H and O–H groups in total. The molecule has 0 spiro atoms. The van der Waals surface area contributed by atoms with Crippen LogP contribution in [0.3, 0.4) is 0 Å². The predicted octanol–water partition coefficient (Wildman–Crippen LogP) is 1.81.